The zero-order valence-corrected chi connectivity index (χ0v) is 4.89. The molecule has 3 rings (SSSR count). The molecule has 2 bridgehead atoms. The number of rotatable bonds is 0. The van der Waals surface area contributed by atoms with Crippen molar-refractivity contribution in [1.29, 1.82) is 0 Å². The van der Waals surface area contributed by atoms with E-state index in [9.17, 15) is 0 Å². The minimum atomic E-state index is 0.542. The zero-order valence-electron chi connectivity index (χ0n) is 4.89. The Hall–Kier alpha value is -0.0800. The van der Waals surface area contributed by atoms with E-state index in [0.717, 1.165) is 13.2 Å². The highest BCUT2D eigenvalue weighted by Crippen LogP contribution is 2.17. The lowest BCUT2D eigenvalue weighted by molar-refractivity contribution is -0.0385. The maximum absolute atomic E-state index is 5.41. The Morgan fingerprint density at radius 3 is 2.50 bits per heavy atom. The molecule has 3 aliphatic rings. The largest absolute Gasteiger partial charge is 0.375 e. The number of fused-ring (bicyclic) bond motifs is 3. The van der Waals surface area contributed by atoms with E-state index in [1.807, 2.05) is 0 Å². The van der Waals surface area contributed by atoms with Crippen LogP contribution >= 0.6 is 0 Å². The second kappa shape index (κ2) is 1.71. The Balaban J connectivity index is 2.03. The first-order chi connectivity index (χ1) is 3.95. The van der Waals surface area contributed by atoms with Crippen molar-refractivity contribution in [1.82, 2.24) is 5.32 Å². The molecule has 1 unspecified atom stereocenters. The average Bonchev–Trinajstić information content (AvgIpc) is 1.92. The molecular formula is C6H11NO. The number of hydrogen-bond acceptors (Lipinski definition) is 2. The van der Waals surface area contributed by atoms with Gasteiger partial charge in [-0.1, -0.05) is 0 Å². The molecule has 3 fully saturated rings. The number of piperidine rings is 1. The smallest absolute Gasteiger partial charge is 0.0700 e. The van der Waals surface area contributed by atoms with E-state index in [2.05, 4.69) is 5.32 Å². The van der Waals surface area contributed by atoms with Crippen LogP contribution in [-0.4, -0.2) is 25.3 Å². The van der Waals surface area contributed by atoms with Crippen LogP contribution in [0, 0.1) is 0 Å². The van der Waals surface area contributed by atoms with E-state index >= 15 is 0 Å². The van der Waals surface area contributed by atoms with Crippen LogP contribution in [0.4, 0.5) is 0 Å². The van der Waals surface area contributed by atoms with Crippen LogP contribution in [0.25, 0.3) is 0 Å². The third-order valence-corrected chi connectivity index (χ3v) is 2.00. The predicted molar refractivity (Wildman–Crippen MR) is 30.8 cm³/mol. The molecule has 2 atom stereocenters. The number of ether oxygens (including phenoxy) is 1. The van der Waals surface area contributed by atoms with Crippen LogP contribution in [0.1, 0.15) is 12.8 Å². The Labute approximate surface area is 49.2 Å². The summed E-state index contributed by atoms with van der Waals surface area (Å²) in [5.41, 5.74) is 0. The molecule has 2 nitrogen and oxygen atoms in total. The molecule has 0 aliphatic carbocycles. The highest BCUT2D eigenvalue weighted by Gasteiger charge is 2.26. The summed E-state index contributed by atoms with van der Waals surface area (Å²) >= 11 is 0. The molecule has 0 aromatic carbocycles. The molecule has 3 heterocycles. The molecule has 3 aliphatic heterocycles. The molecule has 8 heavy (non-hydrogen) atoms. The standard InChI is InChI=1S/C6H11NO/c1-2-6-3-7-5(1)4-8-6/h5-7H,1-4H2/t5-,6?/m0/s1. The van der Waals surface area contributed by atoms with Crippen molar-refractivity contribution in [2.75, 3.05) is 13.2 Å². The zero-order chi connectivity index (χ0) is 5.40. The van der Waals surface area contributed by atoms with E-state index in [1.165, 1.54) is 12.8 Å². The predicted octanol–water partition coefficient (Wildman–Crippen LogP) is 0.137. The summed E-state index contributed by atoms with van der Waals surface area (Å²) in [6, 6.07) is 0.681. The van der Waals surface area contributed by atoms with Gasteiger partial charge in [0.15, 0.2) is 0 Å². The van der Waals surface area contributed by atoms with E-state index in [1.54, 1.807) is 0 Å². The minimum Gasteiger partial charge on any atom is -0.375 e. The van der Waals surface area contributed by atoms with Gasteiger partial charge in [0, 0.05) is 12.6 Å². The molecule has 3 saturated heterocycles. The van der Waals surface area contributed by atoms with Crippen LogP contribution in [0.5, 0.6) is 0 Å². The van der Waals surface area contributed by atoms with Crippen molar-refractivity contribution in [2.45, 2.75) is 25.0 Å². The van der Waals surface area contributed by atoms with Crippen molar-refractivity contribution < 1.29 is 4.74 Å². The van der Waals surface area contributed by atoms with Crippen LogP contribution < -0.4 is 5.32 Å². The maximum atomic E-state index is 5.41. The van der Waals surface area contributed by atoms with Gasteiger partial charge in [-0.2, -0.15) is 0 Å². The minimum absolute atomic E-state index is 0.542. The van der Waals surface area contributed by atoms with E-state index in [-0.39, 0.29) is 0 Å². The molecule has 0 aromatic rings. The van der Waals surface area contributed by atoms with Crippen molar-refractivity contribution in [3.8, 4) is 0 Å². The molecular weight excluding hydrogens is 102 g/mol. The molecule has 0 amide bonds. The third kappa shape index (κ3) is 0.644. The van der Waals surface area contributed by atoms with Gasteiger partial charge in [-0.15, -0.1) is 0 Å². The van der Waals surface area contributed by atoms with Gasteiger partial charge in [-0.25, -0.2) is 0 Å². The Kier molecular flexibility index (Phi) is 1.02. The SMILES string of the molecule is C1C[C@H]2COC1CN2. The lowest BCUT2D eigenvalue weighted by Gasteiger charge is -2.36. The van der Waals surface area contributed by atoms with Crippen LogP contribution in [-0.2, 0) is 4.74 Å². The van der Waals surface area contributed by atoms with Gasteiger partial charge in [0.2, 0.25) is 0 Å². The highest BCUT2D eigenvalue weighted by atomic mass is 16.5. The number of morpholine rings is 1. The van der Waals surface area contributed by atoms with Crippen molar-refractivity contribution in [3.05, 3.63) is 0 Å². The van der Waals surface area contributed by atoms with Crippen molar-refractivity contribution >= 4 is 0 Å². The van der Waals surface area contributed by atoms with Crippen LogP contribution in [0.2, 0.25) is 0 Å². The summed E-state index contributed by atoms with van der Waals surface area (Å²) in [5.74, 6) is 0. The Morgan fingerprint density at radius 1 is 1.38 bits per heavy atom. The van der Waals surface area contributed by atoms with Gasteiger partial charge in [0.1, 0.15) is 0 Å². The van der Waals surface area contributed by atoms with Gasteiger partial charge >= 0.3 is 0 Å². The summed E-state index contributed by atoms with van der Waals surface area (Å²) in [6.07, 6.45) is 3.14. The van der Waals surface area contributed by atoms with Crippen molar-refractivity contribution in [3.63, 3.8) is 0 Å². The highest BCUT2D eigenvalue weighted by molar-refractivity contribution is 4.83. The maximum Gasteiger partial charge on any atom is 0.0700 e. The second-order valence-electron chi connectivity index (χ2n) is 2.64. The first-order valence-corrected chi connectivity index (χ1v) is 3.30. The first kappa shape index (κ1) is 4.77. The first-order valence-electron chi connectivity index (χ1n) is 3.30. The van der Waals surface area contributed by atoms with Gasteiger partial charge in [-0.05, 0) is 12.8 Å². The summed E-state index contributed by atoms with van der Waals surface area (Å²) in [7, 11) is 0. The fourth-order valence-corrected chi connectivity index (χ4v) is 1.43. The molecule has 1 N–H and O–H groups in total. The summed E-state index contributed by atoms with van der Waals surface area (Å²) < 4.78 is 5.41. The van der Waals surface area contributed by atoms with Gasteiger partial charge in [0.05, 0.1) is 12.7 Å². The molecule has 2 heteroatoms. The third-order valence-electron chi connectivity index (χ3n) is 2.00. The Morgan fingerprint density at radius 2 is 2.38 bits per heavy atom. The molecule has 0 saturated carbocycles. The quantitative estimate of drug-likeness (QED) is 0.482. The lowest BCUT2D eigenvalue weighted by atomic mass is 10.0. The van der Waals surface area contributed by atoms with Gasteiger partial charge in [0.25, 0.3) is 0 Å². The summed E-state index contributed by atoms with van der Waals surface area (Å²) in [5, 5.41) is 3.39. The van der Waals surface area contributed by atoms with E-state index in [0.29, 0.717) is 12.1 Å². The van der Waals surface area contributed by atoms with E-state index < -0.39 is 0 Å². The molecule has 46 valence electrons. The molecule has 0 spiro atoms. The van der Waals surface area contributed by atoms with E-state index in [4.69, 9.17) is 4.74 Å². The van der Waals surface area contributed by atoms with Gasteiger partial charge in [-0.3, -0.25) is 0 Å². The number of hydrogen-bond donors (Lipinski definition) is 1. The fraction of sp³-hybridized carbons (Fsp3) is 1.00. The summed E-state index contributed by atoms with van der Waals surface area (Å²) in [4.78, 5) is 0. The molecule has 0 radical (unpaired) electrons. The van der Waals surface area contributed by atoms with Crippen LogP contribution in [0.15, 0.2) is 0 Å². The van der Waals surface area contributed by atoms with Gasteiger partial charge < -0.3 is 10.1 Å². The monoisotopic (exact) mass is 113 g/mol. The second-order valence-corrected chi connectivity index (χ2v) is 2.64. The lowest BCUT2D eigenvalue weighted by Crippen LogP contribution is -2.51. The Bertz CT molecular complexity index is 63.5. The summed E-state index contributed by atoms with van der Waals surface area (Å²) in [6.45, 7) is 2.04. The number of nitrogens with one attached hydrogen (secondary N) is 1. The van der Waals surface area contributed by atoms with Crippen molar-refractivity contribution in [2.24, 2.45) is 0 Å². The average molecular weight is 113 g/mol. The van der Waals surface area contributed by atoms with Crippen LogP contribution in [0.3, 0.4) is 0 Å². The topological polar surface area (TPSA) is 21.3 Å². The normalized spacial score (nSPS) is 45.0. The fourth-order valence-electron chi connectivity index (χ4n) is 1.43. The molecule has 0 aromatic heterocycles.